The molecule has 0 spiro atoms. The highest BCUT2D eigenvalue weighted by molar-refractivity contribution is 5.32. The Labute approximate surface area is 126 Å². The minimum absolute atomic E-state index is 0.0817. The predicted octanol–water partition coefficient (Wildman–Crippen LogP) is 4.20. The van der Waals surface area contributed by atoms with E-state index in [0.29, 0.717) is 5.92 Å². The molecular weight excluding hydrogens is 261 g/mol. The van der Waals surface area contributed by atoms with Crippen LogP contribution in [0.1, 0.15) is 34.7 Å². The first-order valence-electron chi connectivity index (χ1n) is 7.69. The number of fused-ring (bicyclic) bond motifs is 1. The molecule has 0 saturated heterocycles. The van der Waals surface area contributed by atoms with E-state index in [1.807, 2.05) is 26.1 Å². The van der Waals surface area contributed by atoms with Crippen LogP contribution >= 0.6 is 0 Å². The second-order valence-corrected chi connectivity index (χ2v) is 6.06. The average molecular weight is 283 g/mol. The third kappa shape index (κ3) is 2.86. The Hall–Kier alpha value is -1.67. The zero-order chi connectivity index (χ0) is 14.8. The molecule has 1 nitrogen and oxygen atoms in total. The molecule has 3 rings (SSSR count). The molecule has 1 N–H and O–H groups in total. The van der Waals surface area contributed by atoms with Gasteiger partial charge in [0.15, 0.2) is 0 Å². The largest absolute Gasteiger partial charge is 0.313 e. The first kappa shape index (κ1) is 14.3. The number of nitrogens with one attached hydrogen (secondary N) is 1. The summed E-state index contributed by atoms with van der Waals surface area (Å²) >= 11 is 0. The van der Waals surface area contributed by atoms with Crippen LogP contribution in [0.25, 0.3) is 0 Å². The quantitative estimate of drug-likeness (QED) is 0.890. The van der Waals surface area contributed by atoms with Crippen molar-refractivity contribution < 1.29 is 4.39 Å². The maximum Gasteiger partial charge on any atom is 0.128 e. The van der Waals surface area contributed by atoms with Crippen LogP contribution in [0.2, 0.25) is 0 Å². The van der Waals surface area contributed by atoms with Gasteiger partial charge in [0.25, 0.3) is 0 Å². The number of rotatable bonds is 3. The fourth-order valence-corrected chi connectivity index (χ4v) is 3.56. The first-order valence-corrected chi connectivity index (χ1v) is 7.69. The molecule has 2 heteroatoms. The van der Waals surface area contributed by atoms with Crippen molar-refractivity contribution in [1.29, 1.82) is 0 Å². The average Bonchev–Trinajstić information content (AvgIpc) is 2.51. The van der Waals surface area contributed by atoms with Gasteiger partial charge in [0.1, 0.15) is 5.82 Å². The van der Waals surface area contributed by atoms with E-state index in [2.05, 4.69) is 29.6 Å². The lowest BCUT2D eigenvalue weighted by Crippen LogP contribution is -2.30. The van der Waals surface area contributed by atoms with E-state index in [1.54, 1.807) is 6.07 Å². The van der Waals surface area contributed by atoms with Gasteiger partial charge >= 0.3 is 0 Å². The molecule has 0 saturated carbocycles. The van der Waals surface area contributed by atoms with Gasteiger partial charge in [-0.25, -0.2) is 4.39 Å². The van der Waals surface area contributed by atoms with Crippen molar-refractivity contribution in [3.05, 3.63) is 70.5 Å². The number of halogens is 1. The summed E-state index contributed by atoms with van der Waals surface area (Å²) in [5, 5.41) is 3.35. The second-order valence-electron chi connectivity index (χ2n) is 6.06. The van der Waals surface area contributed by atoms with Crippen LogP contribution in [0.15, 0.2) is 42.5 Å². The van der Waals surface area contributed by atoms with Gasteiger partial charge in [-0.15, -0.1) is 0 Å². The molecule has 1 aliphatic rings. The predicted molar refractivity (Wildman–Crippen MR) is 84.9 cm³/mol. The molecule has 0 bridgehead atoms. The van der Waals surface area contributed by atoms with Crippen LogP contribution in [0, 0.1) is 18.7 Å². The van der Waals surface area contributed by atoms with Gasteiger partial charge in [-0.2, -0.15) is 0 Å². The van der Waals surface area contributed by atoms with E-state index in [0.717, 1.165) is 30.4 Å². The summed E-state index contributed by atoms with van der Waals surface area (Å²) in [5.41, 5.74) is 4.79. The Morgan fingerprint density at radius 3 is 2.67 bits per heavy atom. The normalized spacial score (nSPS) is 19.1. The van der Waals surface area contributed by atoms with Crippen LogP contribution in [-0.2, 0) is 12.8 Å². The summed E-state index contributed by atoms with van der Waals surface area (Å²) in [5.74, 6) is 0.347. The van der Waals surface area contributed by atoms with Gasteiger partial charge in [-0.1, -0.05) is 42.0 Å². The highest BCUT2D eigenvalue weighted by Crippen LogP contribution is 2.35. The van der Waals surface area contributed by atoms with E-state index in [-0.39, 0.29) is 11.9 Å². The number of benzene rings is 2. The van der Waals surface area contributed by atoms with Gasteiger partial charge < -0.3 is 5.32 Å². The minimum atomic E-state index is -0.0983. The van der Waals surface area contributed by atoms with Crippen molar-refractivity contribution >= 4 is 0 Å². The maximum absolute atomic E-state index is 14.2. The Balaban J connectivity index is 1.90. The Morgan fingerprint density at radius 1 is 1.14 bits per heavy atom. The van der Waals surface area contributed by atoms with Crippen LogP contribution in [-0.4, -0.2) is 7.05 Å². The summed E-state index contributed by atoms with van der Waals surface area (Å²) in [6, 6.07) is 14.1. The lowest BCUT2D eigenvalue weighted by atomic mass is 9.78. The van der Waals surface area contributed by atoms with Crippen LogP contribution in [0.5, 0.6) is 0 Å². The second kappa shape index (κ2) is 5.98. The first-order chi connectivity index (χ1) is 10.2. The third-order valence-corrected chi connectivity index (χ3v) is 4.65. The molecule has 0 amide bonds. The van der Waals surface area contributed by atoms with Crippen LogP contribution in [0.4, 0.5) is 4.39 Å². The molecule has 2 atom stereocenters. The summed E-state index contributed by atoms with van der Waals surface area (Å²) in [6.45, 7) is 2.02. The van der Waals surface area contributed by atoms with Gasteiger partial charge in [-0.3, -0.25) is 0 Å². The molecule has 0 fully saturated rings. The molecular formula is C19H22FN. The summed E-state index contributed by atoms with van der Waals surface area (Å²) in [6.07, 6.45) is 3.22. The van der Waals surface area contributed by atoms with E-state index in [1.165, 1.54) is 11.1 Å². The van der Waals surface area contributed by atoms with Gasteiger partial charge in [0, 0.05) is 11.6 Å². The van der Waals surface area contributed by atoms with Crippen LogP contribution in [0.3, 0.4) is 0 Å². The van der Waals surface area contributed by atoms with Gasteiger partial charge in [-0.05, 0) is 56.3 Å². The van der Waals surface area contributed by atoms with Crippen molar-refractivity contribution in [2.24, 2.45) is 5.92 Å². The van der Waals surface area contributed by atoms with E-state index in [4.69, 9.17) is 0 Å². The maximum atomic E-state index is 14.2. The van der Waals surface area contributed by atoms with Gasteiger partial charge in [0.2, 0.25) is 0 Å². The fraction of sp³-hybridized carbons (Fsp3) is 0.368. The van der Waals surface area contributed by atoms with Crippen molar-refractivity contribution in [3.63, 3.8) is 0 Å². The van der Waals surface area contributed by atoms with E-state index >= 15 is 0 Å². The van der Waals surface area contributed by atoms with Crippen molar-refractivity contribution in [3.8, 4) is 0 Å². The molecule has 21 heavy (non-hydrogen) atoms. The summed E-state index contributed by atoms with van der Waals surface area (Å²) in [4.78, 5) is 0. The molecule has 0 aromatic heterocycles. The highest BCUT2D eigenvalue weighted by atomic mass is 19.1. The van der Waals surface area contributed by atoms with Crippen molar-refractivity contribution in [2.45, 2.75) is 32.2 Å². The van der Waals surface area contributed by atoms with Crippen molar-refractivity contribution in [1.82, 2.24) is 5.32 Å². The highest BCUT2D eigenvalue weighted by Gasteiger charge is 2.28. The lowest BCUT2D eigenvalue weighted by Gasteiger charge is -2.32. The Bertz CT molecular complexity index is 635. The Morgan fingerprint density at radius 2 is 1.90 bits per heavy atom. The fourth-order valence-electron chi connectivity index (χ4n) is 3.56. The SMILES string of the molecule is CNC(c1cc(C)ccc1F)C1CCc2ccccc2C1. The molecule has 0 aliphatic heterocycles. The van der Waals surface area contributed by atoms with Crippen LogP contribution < -0.4 is 5.32 Å². The minimum Gasteiger partial charge on any atom is -0.313 e. The third-order valence-electron chi connectivity index (χ3n) is 4.65. The molecule has 1 aliphatic carbocycles. The summed E-state index contributed by atoms with van der Waals surface area (Å²) in [7, 11) is 1.94. The smallest absolute Gasteiger partial charge is 0.128 e. The number of hydrogen-bond acceptors (Lipinski definition) is 1. The molecule has 110 valence electrons. The molecule has 2 unspecified atom stereocenters. The van der Waals surface area contributed by atoms with E-state index < -0.39 is 0 Å². The Kier molecular flexibility index (Phi) is 4.07. The van der Waals surface area contributed by atoms with Crippen molar-refractivity contribution in [2.75, 3.05) is 7.05 Å². The molecule has 2 aromatic carbocycles. The monoisotopic (exact) mass is 283 g/mol. The number of hydrogen-bond donors (Lipinski definition) is 1. The molecule has 0 heterocycles. The van der Waals surface area contributed by atoms with E-state index in [9.17, 15) is 4.39 Å². The number of aryl methyl sites for hydroxylation is 2. The zero-order valence-corrected chi connectivity index (χ0v) is 12.7. The molecule has 2 aromatic rings. The lowest BCUT2D eigenvalue weighted by molar-refractivity contribution is 0.333. The van der Waals surface area contributed by atoms with Gasteiger partial charge in [0.05, 0.1) is 0 Å². The topological polar surface area (TPSA) is 12.0 Å². The molecule has 0 radical (unpaired) electrons. The summed E-state index contributed by atoms with van der Waals surface area (Å²) < 4.78 is 14.2. The zero-order valence-electron chi connectivity index (χ0n) is 12.7. The standard InChI is InChI=1S/C19H22FN/c1-13-7-10-18(20)17(11-13)19(21-2)16-9-8-14-5-3-4-6-15(14)12-16/h3-7,10-11,16,19,21H,8-9,12H2,1-2H3.